The lowest BCUT2D eigenvalue weighted by atomic mass is 9.99. The Morgan fingerprint density at radius 3 is 2.85 bits per heavy atom. The van der Waals surface area contributed by atoms with E-state index in [-0.39, 0.29) is 5.91 Å². The molecule has 1 aliphatic rings. The molecule has 1 N–H and O–H groups in total. The van der Waals surface area contributed by atoms with Gasteiger partial charge in [0, 0.05) is 42.0 Å². The van der Waals surface area contributed by atoms with Gasteiger partial charge in [-0.25, -0.2) is 0 Å². The number of halogens is 1. The number of aromatic nitrogens is 3. The van der Waals surface area contributed by atoms with Crippen molar-refractivity contribution in [3.8, 4) is 11.3 Å². The van der Waals surface area contributed by atoms with E-state index in [1.54, 1.807) is 12.4 Å². The fourth-order valence-corrected chi connectivity index (χ4v) is 3.58. The number of benzene rings is 1. The van der Waals surface area contributed by atoms with Gasteiger partial charge in [0.1, 0.15) is 5.69 Å². The second kappa shape index (κ2) is 6.92. The van der Waals surface area contributed by atoms with E-state index in [1.165, 1.54) is 5.56 Å². The number of rotatable bonds is 3. The number of aromatic amines is 1. The van der Waals surface area contributed by atoms with Gasteiger partial charge in [0.15, 0.2) is 0 Å². The first-order chi connectivity index (χ1) is 12.6. The number of aryl methyl sites for hydroxylation is 1. The van der Waals surface area contributed by atoms with E-state index in [0.29, 0.717) is 18.2 Å². The van der Waals surface area contributed by atoms with Crippen molar-refractivity contribution < 1.29 is 4.79 Å². The van der Waals surface area contributed by atoms with Crippen LogP contribution in [0.25, 0.3) is 11.3 Å². The van der Waals surface area contributed by atoms with Gasteiger partial charge >= 0.3 is 0 Å². The minimum atomic E-state index is -0.00748. The average Bonchev–Trinajstić information content (AvgIpc) is 3.32. The van der Waals surface area contributed by atoms with Crippen LogP contribution < -0.4 is 0 Å². The monoisotopic (exact) mass is 366 g/mol. The van der Waals surface area contributed by atoms with Crippen molar-refractivity contribution >= 4 is 17.5 Å². The first-order valence-corrected chi connectivity index (χ1v) is 9.01. The number of carbonyl (C=O) groups excluding carboxylic acids is 1. The smallest absolute Gasteiger partial charge is 0.271 e. The topological polar surface area (TPSA) is 61.9 Å². The maximum Gasteiger partial charge on any atom is 0.271 e. The number of hydrogen-bond donors (Lipinski definition) is 1. The summed E-state index contributed by atoms with van der Waals surface area (Å²) >= 11 is 5.96. The zero-order chi connectivity index (χ0) is 18.1. The molecule has 132 valence electrons. The zero-order valence-corrected chi connectivity index (χ0v) is 15.2. The molecular formula is C20H19ClN4O. The number of likely N-dealkylation sites (tertiary alicyclic amines) is 1. The first-order valence-electron chi connectivity index (χ1n) is 8.63. The molecule has 1 saturated heterocycles. The van der Waals surface area contributed by atoms with Crippen molar-refractivity contribution in [2.24, 2.45) is 0 Å². The molecule has 2 aromatic heterocycles. The van der Waals surface area contributed by atoms with Crippen molar-refractivity contribution in [3.63, 3.8) is 0 Å². The van der Waals surface area contributed by atoms with Crippen LogP contribution in [0.2, 0.25) is 5.02 Å². The Kier molecular flexibility index (Phi) is 4.47. The molecule has 3 aromatic rings. The van der Waals surface area contributed by atoms with E-state index in [4.69, 9.17) is 11.6 Å². The number of nitrogens with zero attached hydrogens (tertiary/aromatic N) is 3. The molecule has 1 atom stereocenters. The maximum atomic E-state index is 12.8. The van der Waals surface area contributed by atoms with E-state index in [0.717, 1.165) is 34.8 Å². The van der Waals surface area contributed by atoms with Crippen LogP contribution >= 0.6 is 11.6 Å². The molecule has 0 aliphatic carbocycles. The maximum absolute atomic E-state index is 12.8. The van der Waals surface area contributed by atoms with Gasteiger partial charge in [0.25, 0.3) is 5.91 Å². The quantitative estimate of drug-likeness (QED) is 0.760. The molecule has 0 bridgehead atoms. The predicted octanol–water partition coefficient (Wildman–Crippen LogP) is 4.06. The van der Waals surface area contributed by atoms with E-state index >= 15 is 0 Å². The molecule has 1 aliphatic heterocycles. The SMILES string of the molecule is Cc1cnccc1-c1cc(C(=O)N2CC[C@@H](c3ccc(Cl)cc3)C2)[nH]n1. The Hall–Kier alpha value is -2.66. The molecule has 0 saturated carbocycles. The summed E-state index contributed by atoms with van der Waals surface area (Å²) in [4.78, 5) is 18.8. The third-order valence-corrected chi connectivity index (χ3v) is 5.17. The Morgan fingerprint density at radius 2 is 2.08 bits per heavy atom. The molecule has 6 heteroatoms. The third kappa shape index (κ3) is 3.22. The van der Waals surface area contributed by atoms with Crippen LogP contribution in [-0.2, 0) is 0 Å². The molecule has 1 aromatic carbocycles. The Morgan fingerprint density at radius 1 is 1.27 bits per heavy atom. The highest BCUT2D eigenvalue weighted by Gasteiger charge is 2.29. The molecule has 3 heterocycles. The second-order valence-electron chi connectivity index (χ2n) is 6.65. The lowest BCUT2D eigenvalue weighted by Gasteiger charge is -2.15. The van der Waals surface area contributed by atoms with Gasteiger partial charge in [0.05, 0.1) is 5.69 Å². The molecule has 0 radical (unpaired) electrons. The van der Waals surface area contributed by atoms with Crippen LogP contribution in [-0.4, -0.2) is 39.1 Å². The summed E-state index contributed by atoms with van der Waals surface area (Å²) in [6.07, 6.45) is 4.48. The van der Waals surface area contributed by atoms with Gasteiger partial charge in [-0.15, -0.1) is 0 Å². The molecule has 0 spiro atoms. The van der Waals surface area contributed by atoms with Gasteiger partial charge in [0.2, 0.25) is 0 Å². The van der Waals surface area contributed by atoms with Crippen molar-refractivity contribution in [2.45, 2.75) is 19.3 Å². The van der Waals surface area contributed by atoms with Crippen LogP contribution in [0.15, 0.2) is 48.8 Å². The Balaban J connectivity index is 1.49. The van der Waals surface area contributed by atoms with Crippen molar-refractivity contribution in [3.05, 3.63) is 70.6 Å². The molecule has 5 nitrogen and oxygen atoms in total. The normalized spacial score (nSPS) is 16.8. The average molecular weight is 367 g/mol. The highest BCUT2D eigenvalue weighted by Crippen LogP contribution is 2.29. The summed E-state index contributed by atoms with van der Waals surface area (Å²) in [7, 11) is 0. The summed E-state index contributed by atoms with van der Waals surface area (Å²) < 4.78 is 0. The van der Waals surface area contributed by atoms with Crippen LogP contribution in [0.3, 0.4) is 0 Å². The Bertz CT molecular complexity index is 935. The van der Waals surface area contributed by atoms with E-state index in [1.807, 2.05) is 48.2 Å². The van der Waals surface area contributed by atoms with Crippen molar-refractivity contribution in [2.75, 3.05) is 13.1 Å². The highest BCUT2D eigenvalue weighted by molar-refractivity contribution is 6.30. The predicted molar refractivity (Wildman–Crippen MR) is 101 cm³/mol. The summed E-state index contributed by atoms with van der Waals surface area (Å²) in [5.74, 6) is 0.341. The van der Waals surface area contributed by atoms with Crippen LogP contribution in [0.1, 0.15) is 34.0 Å². The summed E-state index contributed by atoms with van der Waals surface area (Å²) in [6.45, 7) is 3.44. The van der Waals surface area contributed by atoms with Crippen molar-refractivity contribution in [1.29, 1.82) is 0 Å². The minimum absolute atomic E-state index is 0.00748. The fourth-order valence-electron chi connectivity index (χ4n) is 3.45. The number of pyridine rings is 1. The molecule has 0 unspecified atom stereocenters. The lowest BCUT2D eigenvalue weighted by Crippen LogP contribution is -2.28. The molecule has 26 heavy (non-hydrogen) atoms. The Labute approximate surface area is 157 Å². The summed E-state index contributed by atoms with van der Waals surface area (Å²) in [5.41, 5.74) is 4.52. The molecular weight excluding hydrogens is 348 g/mol. The molecule has 4 rings (SSSR count). The number of carbonyl (C=O) groups is 1. The summed E-state index contributed by atoms with van der Waals surface area (Å²) in [5, 5.41) is 7.94. The molecule has 1 fully saturated rings. The van der Waals surface area contributed by atoms with E-state index in [9.17, 15) is 4.79 Å². The number of nitrogens with one attached hydrogen (secondary N) is 1. The van der Waals surface area contributed by atoms with Crippen LogP contribution in [0, 0.1) is 6.92 Å². The number of amides is 1. The standard InChI is InChI=1S/C20H19ClN4O/c1-13-11-22-8-6-17(13)18-10-19(24-23-18)20(26)25-9-7-15(12-25)14-2-4-16(21)5-3-14/h2-6,8,10-11,15H,7,9,12H2,1H3,(H,23,24)/t15-/m1/s1. The second-order valence-corrected chi connectivity index (χ2v) is 7.08. The largest absolute Gasteiger partial charge is 0.337 e. The third-order valence-electron chi connectivity index (χ3n) is 4.92. The van der Waals surface area contributed by atoms with Crippen LogP contribution in [0.4, 0.5) is 0 Å². The highest BCUT2D eigenvalue weighted by atomic mass is 35.5. The minimum Gasteiger partial charge on any atom is -0.337 e. The van der Waals surface area contributed by atoms with Gasteiger partial charge in [-0.3, -0.25) is 14.9 Å². The van der Waals surface area contributed by atoms with Crippen LogP contribution in [0.5, 0.6) is 0 Å². The van der Waals surface area contributed by atoms with Gasteiger partial charge < -0.3 is 4.90 Å². The molecule has 1 amide bonds. The van der Waals surface area contributed by atoms with Gasteiger partial charge in [-0.2, -0.15) is 5.10 Å². The van der Waals surface area contributed by atoms with Gasteiger partial charge in [-0.05, 0) is 48.7 Å². The summed E-state index contributed by atoms with van der Waals surface area (Å²) in [6, 6.07) is 11.6. The zero-order valence-electron chi connectivity index (χ0n) is 14.4. The van der Waals surface area contributed by atoms with E-state index in [2.05, 4.69) is 15.2 Å². The van der Waals surface area contributed by atoms with Gasteiger partial charge in [-0.1, -0.05) is 23.7 Å². The lowest BCUT2D eigenvalue weighted by molar-refractivity contribution is 0.0785. The number of H-pyrrole nitrogens is 1. The van der Waals surface area contributed by atoms with Crippen molar-refractivity contribution in [1.82, 2.24) is 20.1 Å². The first kappa shape index (κ1) is 16.8. The fraction of sp³-hybridized carbons (Fsp3) is 0.250. The van der Waals surface area contributed by atoms with E-state index < -0.39 is 0 Å². The number of hydrogen-bond acceptors (Lipinski definition) is 3.